The molecule has 6 atom stereocenters. The van der Waals surface area contributed by atoms with Gasteiger partial charge in [-0.1, -0.05) is 0 Å². The molecule has 1 heterocycles. The smallest absolute Gasteiger partial charge is 0.115 e. The number of hydrogen-bond donors (Lipinski definition) is 4. The van der Waals surface area contributed by atoms with Crippen LogP contribution in [0.2, 0.25) is 0 Å². The molecule has 2 fully saturated rings. The first-order chi connectivity index (χ1) is 5.13. The highest BCUT2D eigenvalue weighted by molar-refractivity contribution is 5.07. The maximum Gasteiger partial charge on any atom is 0.115 e. The number of ether oxygens (including phenoxy) is 1. The molecule has 2 aliphatic rings. The Morgan fingerprint density at radius 3 is 1.36 bits per heavy atom. The molecule has 1 saturated heterocycles. The van der Waals surface area contributed by atoms with Crippen molar-refractivity contribution in [2.45, 2.75) is 36.6 Å². The lowest BCUT2D eigenvalue weighted by Gasteiger charge is -2.28. The molecule has 1 aliphatic carbocycles. The molecule has 5 nitrogen and oxygen atoms in total. The van der Waals surface area contributed by atoms with Crippen LogP contribution >= 0.6 is 0 Å². The van der Waals surface area contributed by atoms with Gasteiger partial charge in [0.15, 0.2) is 0 Å². The molecule has 0 unspecified atom stereocenters. The molecule has 0 aromatic rings. The van der Waals surface area contributed by atoms with Crippen LogP contribution in [-0.4, -0.2) is 57.0 Å². The molecule has 4 N–H and O–H groups in total. The standard InChI is InChI=1S/C6H10O5/c7-1-2(8)4(10)6-5(11-6)3(1)9/h1-10H/t1-,2+,3-,4-,5+,6-/m0/s1. The Labute approximate surface area is 62.8 Å². The van der Waals surface area contributed by atoms with Crippen LogP contribution < -0.4 is 0 Å². The molecule has 0 aromatic carbocycles. The van der Waals surface area contributed by atoms with Gasteiger partial charge in [0.1, 0.15) is 36.6 Å². The molecule has 2 rings (SSSR count). The van der Waals surface area contributed by atoms with E-state index >= 15 is 0 Å². The third kappa shape index (κ3) is 0.896. The van der Waals surface area contributed by atoms with Crippen molar-refractivity contribution in [2.75, 3.05) is 0 Å². The van der Waals surface area contributed by atoms with Crippen LogP contribution in [-0.2, 0) is 4.74 Å². The fourth-order valence-electron chi connectivity index (χ4n) is 1.48. The van der Waals surface area contributed by atoms with Crippen LogP contribution in [0.1, 0.15) is 0 Å². The first-order valence-corrected chi connectivity index (χ1v) is 3.50. The van der Waals surface area contributed by atoms with Gasteiger partial charge in [0, 0.05) is 0 Å². The van der Waals surface area contributed by atoms with E-state index in [0.29, 0.717) is 0 Å². The van der Waals surface area contributed by atoms with E-state index in [1.165, 1.54) is 0 Å². The molecule has 0 spiro atoms. The predicted molar refractivity (Wildman–Crippen MR) is 32.7 cm³/mol. The second kappa shape index (κ2) is 2.15. The number of rotatable bonds is 0. The molecule has 0 aromatic heterocycles. The molecule has 0 radical (unpaired) electrons. The summed E-state index contributed by atoms with van der Waals surface area (Å²) in [5, 5.41) is 36.4. The number of fused-ring (bicyclic) bond motifs is 1. The Kier molecular flexibility index (Phi) is 1.45. The molecule has 64 valence electrons. The maximum atomic E-state index is 9.13. The number of hydrogen-bond acceptors (Lipinski definition) is 5. The molecule has 0 amide bonds. The average molecular weight is 162 g/mol. The van der Waals surface area contributed by atoms with Crippen molar-refractivity contribution >= 4 is 0 Å². The number of aliphatic hydroxyl groups is 4. The Balaban J connectivity index is 2.13. The van der Waals surface area contributed by atoms with E-state index in [1.54, 1.807) is 0 Å². The van der Waals surface area contributed by atoms with Crippen molar-refractivity contribution in [3.8, 4) is 0 Å². The number of epoxide rings is 1. The van der Waals surface area contributed by atoms with Gasteiger partial charge >= 0.3 is 0 Å². The minimum Gasteiger partial charge on any atom is -0.387 e. The van der Waals surface area contributed by atoms with Crippen LogP contribution in [0.4, 0.5) is 0 Å². The van der Waals surface area contributed by atoms with Crippen molar-refractivity contribution in [3.05, 3.63) is 0 Å². The van der Waals surface area contributed by atoms with Crippen LogP contribution in [0.25, 0.3) is 0 Å². The molecule has 5 heteroatoms. The van der Waals surface area contributed by atoms with Crippen LogP contribution in [0.3, 0.4) is 0 Å². The topological polar surface area (TPSA) is 93.5 Å². The Morgan fingerprint density at radius 1 is 0.636 bits per heavy atom. The SMILES string of the molecule is O[C@@H]1[C@H](O)[C@H](O)[C@H]2O[C@H]2[C@H]1O. The fourth-order valence-corrected chi connectivity index (χ4v) is 1.48. The van der Waals surface area contributed by atoms with Gasteiger partial charge in [-0.05, 0) is 0 Å². The molecule has 1 saturated carbocycles. The molecule has 1 aliphatic heterocycles. The van der Waals surface area contributed by atoms with Gasteiger partial charge in [-0.25, -0.2) is 0 Å². The minimum atomic E-state index is -1.30. The largest absolute Gasteiger partial charge is 0.387 e. The van der Waals surface area contributed by atoms with Crippen molar-refractivity contribution in [1.82, 2.24) is 0 Å². The summed E-state index contributed by atoms with van der Waals surface area (Å²) >= 11 is 0. The molecular formula is C6H10O5. The third-order valence-electron chi connectivity index (χ3n) is 2.28. The maximum absolute atomic E-state index is 9.13. The van der Waals surface area contributed by atoms with Crippen LogP contribution in [0, 0.1) is 0 Å². The van der Waals surface area contributed by atoms with Gasteiger partial charge in [-0.2, -0.15) is 0 Å². The van der Waals surface area contributed by atoms with Crippen molar-refractivity contribution in [1.29, 1.82) is 0 Å². The van der Waals surface area contributed by atoms with Crippen molar-refractivity contribution < 1.29 is 25.2 Å². The second-order valence-electron chi connectivity index (χ2n) is 3.03. The van der Waals surface area contributed by atoms with E-state index in [2.05, 4.69) is 0 Å². The Bertz CT molecular complexity index is 154. The summed E-state index contributed by atoms with van der Waals surface area (Å²) in [5.74, 6) is 0. The van der Waals surface area contributed by atoms with E-state index in [0.717, 1.165) is 0 Å². The van der Waals surface area contributed by atoms with Crippen molar-refractivity contribution in [2.24, 2.45) is 0 Å². The minimum absolute atomic E-state index is 0.497. The zero-order valence-corrected chi connectivity index (χ0v) is 5.66. The summed E-state index contributed by atoms with van der Waals surface area (Å²) in [7, 11) is 0. The van der Waals surface area contributed by atoms with E-state index in [-0.39, 0.29) is 0 Å². The lowest BCUT2D eigenvalue weighted by atomic mass is 9.90. The quantitative estimate of drug-likeness (QED) is 0.289. The van der Waals surface area contributed by atoms with E-state index in [1.807, 2.05) is 0 Å². The average Bonchev–Trinajstić information content (AvgIpc) is 2.76. The Morgan fingerprint density at radius 2 is 1.00 bits per heavy atom. The second-order valence-corrected chi connectivity index (χ2v) is 3.03. The fraction of sp³-hybridized carbons (Fsp3) is 1.00. The Hall–Kier alpha value is -0.200. The molecule has 0 bridgehead atoms. The third-order valence-corrected chi connectivity index (χ3v) is 2.28. The van der Waals surface area contributed by atoms with E-state index < -0.39 is 36.6 Å². The highest BCUT2D eigenvalue weighted by atomic mass is 16.6. The lowest BCUT2D eigenvalue weighted by Crippen LogP contribution is -2.53. The lowest BCUT2D eigenvalue weighted by molar-refractivity contribution is -0.121. The monoisotopic (exact) mass is 162 g/mol. The van der Waals surface area contributed by atoms with Crippen LogP contribution in [0.15, 0.2) is 0 Å². The zero-order valence-electron chi connectivity index (χ0n) is 5.66. The van der Waals surface area contributed by atoms with Gasteiger partial charge in [-0.3, -0.25) is 0 Å². The first kappa shape index (κ1) is 7.45. The van der Waals surface area contributed by atoms with E-state index in [4.69, 9.17) is 25.2 Å². The normalized spacial score (nSPS) is 62.2. The summed E-state index contributed by atoms with van der Waals surface area (Å²) in [6, 6.07) is 0. The first-order valence-electron chi connectivity index (χ1n) is 3.50. The molecular weight excluding hydrogens is 152 g/mol. The summed E-state index contributed by atoms with van der Waals surface area (Å²) in [5.41, 5.74) is 0. The van der Waals surface area contributed by atoms with Gasteiger partial charge in [-0.15, -0.1) is 0 Å². The summed E-state index contributed by atoms with van der Waals surface area (Å²) in [6.07, 6.45) is -5.73. The highest BCUT2D eigenvalue weighted by Crippen LogP contribution is 2.37. The van der Waals surface area contributed by atoms with Crippen molar-refractivity contribution in [3.63, 3.8) is 0 Å². The number of aliphatic hydroxyl groups excluding tert-OH is 4. The van der Waals surface area contributed by atoms with Crippen LogP contribution in [0.5, 0.6) is 0 Å². The van der Waals surface area contributed by atoms with Gasteiger partial charge in [0.2, 0.25) is 0 Å². The predicted octanol–water partition coefficient (Wildman–Crippen LogP) is -2.79. The summed E-state index contributed by atoms with van der Waals surface area (Å²) in [4.78, 5) is 0. The molecule has 11 heavy (non-hydrogen) atoms. The summed E-state index contributed by atoms with van der Waals surface area (Å²) in [6.45, 7) is 0. The van der Waals surface area contributed by atoms with E-state index in [9.17, 15) is 0 Å². The zero-order chi connectivity index (χ0) is 8.17. The highest BCUT2D eigenvalue weighted by Gasteiger charge is 2.59. The van der Waals surface area contributed by atoms with Gasteiger partial charge in [0.25, 0.3) is 0 Å². The summed E-state index contributed by atoms with van der Waals surface area (Å²) < 4.78 is 4.82. The van der Waals surface area contributed by atoms with Gasteiger partial charge in [0.05, 0.1) is 0 Å². The van der Waals surface area contributed by atoms with Gasteiger partial charge < -0.3 is 25.2 Å².